The number of allylic oxidation sites excluding steroid dienone is 2. The zero-order chi connectivity index (χ0) is 26.5. The number of esters is 1. The highest BCUT2D eigenvalue weighted by molar-refractivity contribution is 5.69. The fourth-order valence-corrected chi connectivity index (χ4v) is 4.75. The van der Waals surface area contributed by atoms with Crippen molar-refractivity contribution in [2.75, 3.05) is 6.61 Å². The van der Waals surface area contributed by atoms with Gasteiger partial charge in [-0.3, -0.25) is 4.79 Å². The van der Waals surface area contributed by atoms with Crippen LogP contribution in [0.5, 0.6) is 5.75 Å². The van der Waals surface area contributed by atoms with Crippen molar-refractivity contribution in [1.82, 2.24) is 0 Å². The molecule has 1 aromatic rings. The summed E-state index contributed by atoms with van der Waals surface area (Å²) in [6.07, 6.45) is -2.18. The second-order valence-corrected chi connectivity index (χ2v) is 9.72. The molecule has 0 radical (unpaired) electrons. The summed E-state index contributed by atoms with van der Waals surface area (Å²) in [6, 6.07) is 4.41. The topological polar surface area (TPSA) is 109 Å². The third-order valence-electron chi connectivity index (χ3n) is 6.51. The monoisotopic (exact) mass is 516 g/mol. The van der Waals surface area contributed by atoms with E-state index in [9.17, 15) is 33.3 Å². The number of aliphatic hydroxyl groups excluding tert-OH is 3. The molecule has 2 fully saturated rings. The van der Waals surface area contributed by atoms with Crippen LogP contribution in [0.4, 0.5) is 13.2 Å². The summed E-state index contributed by atoms with van der Waals surface area (Å²) in [6.45, 7) is 3.33. The Morgan fingerprint density at radius 3 is 2.67 bits per heavy atom. The smallest absolute Gasteiger partial charge is 0.416 e. The molecule has 7 atom stereocenters. The molecule has 3 N–H and O–H groups in total. The van der Waals surface area contributed by atoms with Gasteiger partial charge in [-0.25, -0.2) is 0 Å². The molecule has 10 heteroatoms. The van der Waals surface area contributed by atoms with E-state index in [0.29, 0.717) is 25.7 Å². The third kappa shape index (κ3) is 7.93. The molecule has 1 aliphatic carbocycles. The number of hydrogen-bond acceptors (Lipinski definition) is 7. The summed E-state index contributed by atoms with van der Waals surface area (Å²) in [4.78, 5) is 11.6. The largest absolute Gasteiger partial charge is 0.491 e. The van der Waals surface area contributed by atoms with Crippen LogP contribution < -0.4 is 4.74 Å². The first-order valence-electron chi connectivity index (χ1n) is 12.3. The van der Waals surface area contributed by atoms with Gasteiger partial charge in [0.05, 0.1) is 30.0 Å². The van der Waals surface area contributed by atoms with Crippen LogP contribution in [0, 0.1) is 11.8 Å². The zero-order valence-electron chi connectivity index (χ0n) is 20.4. The van der Waals surface area contributed by atoms with Crippen LogP contribution in [-0.4, -0.2) is 64.5 Å². The summed E-state index contributed by atoms with van der Waals surface area (Å²) in [5, 5.41) is 31.4. The number of rotatable bonds is 12. The lowest BCUT2D eigenvalue weighted by atomic mass is 9.86. The molecular weight excluding hydrogens is 481 g/mol. The van der Waals surface area contributed by atoms with E-state index >= 15 is 0 Å². The van der Waals surface area contributed by atoms with Gasteiger partial charge in [-0.2, -0.15) is 13.2 Å². The molecule has 1 heterocycles. The molecule has 1 saturated heterocycles. The molecule has 0 unspecified atom stereocenters. The van der Waals surface area contributed by atoms with Crippen molar-refractivity contribution < 1.29 is 47.5 Å². The maximum absolute atomic E-state index is 12.9. The average molecular weight is 517 g/mol. The molecule has 0 amide bonds. The molecule has 2 aliphatic rings. The fraction of sp³-hybridized carbons (Fsp3) is 0.654. The van der Waals surface area contributed by atoms with Crippen molar-refractivity contribution >= 4 is 5.97 Å². The zero-order valence-corrected chi connectivity index (χ0v) is 20.4. The minimum atomic E-state index is -4.49. The van der Waals surface area contributed by atoms with Gasteiger partial charge in [0.15, 0.2) is 0 Å². The number of alkyl halides is 3. The van der Waals surface area contributed by atoms with E-state index in [4.69, 9.17) is 14.2 Å². The number of unbranched alkanes of at least 4 members (excludes halogenated alkanes) is 1. The number of hydrogen-bond donors (Lipinski definition) is 3. The van der Waals surface area contributed by atoms with Crippen molar-refractivity contribution in [2.45, 2.75) is 88.8 Å². The van der Waals surface area contributed by atoms with Crippen LogP contribution in [0.1, 0.15) is 51.5 Å². The van der Waals surface area contributed by atoms with Gasteiger partial charge in [-0.15, -0.1) is 0 Å². The molecule has 7 nitrogen and oxygen atoms in total. The van der Waals surface area contributed by atoms with Crippen molar-refractivity contribution in [3.8, 4) is 5.75 Å². The Balaban J connectivity index is 1.46. The van der Waals surface area contributed by atoms with Gasteiger partial charge in [-0.1, -0.05) is 18.2 Å². The lowest BCUT2D eigenvalue weighted by Gasteiger charge is -2.21. The first-order valence-corrected chi connectivity index (χ1v) is 12.3. The fourth-order valence-electron chi connectivity index (χ4n) is 4.75. The summed E-state index contributed by atoms with van der Waals surface area (Å²) >= 11 is 0. The van der Waals surface area contributed by atoms with Gasteiger partial charge < -0.3 is 29.5 Å². The van der Waals surface area contributed by atoms with Crippen LogP contribution in [0.2, 0.25) is 0 Å². The SMILES string of the molecule is CC(C)OC(=O)CCC/C=C/C[C@@H]1[C@@H]([C@H]2O[C@@H]2[C@@H](O)COc2cccc(C(F)(F)F)c2)[C@H](O)C[C@@H]1O. The first-order chi connectivity index (χ1) is 17.0. The van der Waals surface area contributed by atoms with Crippen LogP contribution >= 0.6 is 0 Å². The van der Waals surface area contributed by atoms with Crippen molar-refractivity contribution in [1.29, 1.82) is 0 Å². The van der Waals surface area contributed by atoms with E-state index in [0.717, 1.165) is 12.1 Å². The van der Waals surface area contributed by atoms with Crippen LogP contribution in [0.3, 0.4) is 0 Å². The van der Waals surface area contributed by atoms with Gasteiger partial charge in [0.2, 0.25) is 0 Å². The Kier molecular flexibility index (Phi) is 9.79. The van der Waals surface area contributed by atoms with Crippen molar-refractivity contribution in [2.24, 2.45) is 11.8 Å². The molecule has 3 rings (SSSR count). The number of halogens is 3. The Labute approximate surface area is 208 Å². The minimum absolute atomic E-state index is 0.0159. The number of ether oxygens (including phenoxy) is 3. The van der Waals surface area contributed by atoms with Gasteiger partial charge in [-0.05, 0) is 63.6 Å². The standard InChI is InChI=1S/C26H35F3O7/c1-15(2)35-22(33)11-6-4-3-5-10-18-19(30)13-20(31)23(18)25-24(36-25)21(32)14-34-17-9-7-8-16(12-17)26(27,28)29/h3,5,7-9,12,15,18-21,23-25,30-32H,4,6,10-11,13-14H2,1-2H3/b5-3+/t18-,19-,20+,21-,23+,24+,25+/m0/s1. The maximum atomic E-state index is 12.9. The van der Waals surface area contributed by atoms with Gasteiger partial charge >= 0.3 is 12.1 Å². The van der Waals surface area contributed by atoms with E-state index < -0.39 is 42.3 Å². The molecule has 1 aromatic carbocycles. The highest BCUT2D eigenvalue weighted by atomic mass is 19.4. The van der Waals surface area contributed by atoms with E-state index in [1.54, 1.807) is 13.8 Å². The Bertz CT molecular complexity index is 889. The molecule has 1 aliphatic heterocycles. The molecular formula is C26H35F3O7. The quantitative estimate of drug-likeness (QED) is 0.168. The van der Waals surface area contributed by atoms with Crippen LogP contribution in [0.25, 0.3) is 0 Å². The summed E-state index contributed by atoms with van der Waals surface area (Å²) in [5.74, 6) is -0.911. The lowest BCUT2D eigenvalue weighted by Crippen LogP contribution is -2.32. The van der Waals surface area contributed by atoms with E-state index in [-0.39, 0.29) is 42.7 Å². The summed E-state index contributed by atoms with van der Waals surface area (Å²) in [5.41, 5.74) is -0.843. The van der Waals surface area contributed by atoms with E-state index in [1.165, 1.54) is 12.1 Å². The Morgan fingerprint density at radius 2 is 1.97 bits per heavy atom. The van der Waals surface area contributed by atoms with Crippen molar-refractivity contribution in [3.63, 3.8) is 0 Å². The van der Waals surface area contributed by atoms with Gasteiger partial charge in [0.1, 0.15) is 24.6 Å². The van der Waals surface area contributed by atoms with Crippen molar-refractivity contribution in [3.05, 3.63) is 42.0 Å². The van der Waals surface area contributed by atoms with Gasteiger partial charge in [0.25, 0.3) is 0 Å². The third-order valence-corrected chi connectivity index (χ3v) is 6.51. The number of epoxide rings is 1. The average Bonchev–Trinajstić information content (AvgIpc) is 3.52. The second-order valence-electron chi connectivity index (χ2n) is 9.72. The summed E-state index contributed by atoms with van der Waals surface area (Å²) < 4.78 is 54.7. The highest BCUT2D eigenvalue weighted by Gasteiger charge is 2.57. The number of aliphatic hydroxyl groups is 3. The highest BCUT2D eigenvalue weighted by Crippen LogP contribution is 2.46. The Hall–Kier alpha value is -2.14. The second kappa shape index (κ2) is 12.4. The number of carbonyl (C=O) groups is 1. The summed E-state index contributed by atoms with van der Waals surface area (Å²) in [7, 11) is 0. The molecule has 0 spiro atoms. The molecule has 202 valence electrons. The Morgan fingerprint density at radius 1 is 1.22 bits per heavy atom. The molecule has 0 aromatic heterocycles. The molecule has 36 heavy (non-hydrogen) atoms. The first kappa shape index (κ1) is 28.4. The van der Waals surface area contributed by atoms with Crippen LogP contribution in [0.15, 0.2) is 36.4 Å². The number of carbonyl (C=O) groups excluding carboxylic acids is 1. The van der Waals surface area contributed by atoms with E-state index in [1.807, 2.05) is 12.2 Å². The predicted octanol–water partition coefficient (Wildman–Crippen LogP) is 3.64. The minimum Gasteiger partial charge on any atom is -0.491 e. The maximum Gasteiger partial charge on any atom is 0.416 e. The normalized spacial score (nSPS) is 29.0. The number of benzene rings is 1. The molecule has 1 saturated carbocycles. The van der Waals surface area contributed by atoms with Gasteiger partial charge in [0, 0.05) is 12.3 Å². The molecule has 0 bridgehead atoms. The van der Waals surface area contributed by atoms with E-state index in [2.05, 4.69) is 0 Å². The van der Waals surface area contributed by atoms with Crippen LogP contribution in [-0.2, 0) is 20.4 Å². The predicted molar refractivity (Wildman–Crippen MR) is 124 cm³/mol. The lowest BCUT2D eigenvalue weighted by molar-refractivity contribution is -0.147.